The molecule has 0 unspecified atom stereocenters. The quantitative estimate of drug-likeness (QED) is 0.833. The summed E-state index contributed by atoms with van der Waals surface area (Å²) >= 11 is 6.05. The fourth-order valence-corrected chi connectivity index (χ4v) is 1.80. The molecule has 0 fully saturated rings. The molecule has 5 heteroatoms. The maximum Gasteiger partial charge on any atom is 0.220 e. The predicted molar refractivity (Wildman–Crippen MR) is 68.9 cm³/mol. The fourth-order valence-electron chi connectivity index (χ4n) is 1.64. The first-order chi connectivity index (χ1) is 8.52. The molecule has 18 heavy (non-hydrogen) atoms. The predicted octanol–water partition coefficient (Wildman–Crippen LogP) is 3.35. The summed E-state index contributed by atoms with van der Waals surface area (Å²) in [6, 6.07) is 6.97. The highest BCUT2D eigenvalue weighted by atomic mass is 35.5. The molecule has 0 atom stereocenters. The van der Waals surface area contributed by atoms with Gasteiger partial charge in [-0.15, -0.1) is 0 Å². The number of aryl methyl sites for hydroxylation is 2. The molecule has 0 bridgehead atoms. The Labute approximate surface area is 110 Å². The van der Waals surface area contributed by atoms with E-state index in [9.17, 15) is 0 Å². The van der Waals surface area contributed by atoms with E-state index in [0.717, 1.165) is 11.3 Å². The fraction of sp³-hybridized carbons (Fsp3) is 0.231. The Kier molecular flexibility index (Phi) is 3.26. The summed E-state index contributed by atoms with van der Waals surface area (Å²) in [6.45, 7) is 3.84. The summed E-state index contributed by atoms with van der Waals surface area (Å²) in [7, 11) is 1.80. The molecule has 2 rings (SSSR count). The van der Waals surface area contributed by atoms with E-state index in [1.807, 2.05) is 13.8 Å². The number of ether oxygens (including phenoxy) is 1. The Morgan fingerprint density at radius 3 is 2.67 bits per heavy atom. The second-order valence-corrected chi connectivity index (χ2v) is 4.41. The Morgan fingerprint density at radius 2 is 2.11 bits per heavy atom. The molecule has 0 spiro atoms. The summed E-state index contributed by atoms with van der Waals surface area (Å²) in [6.07, 6.45) is 0. The number of benzene rings is 1. The average molecular weight is 262 g/mol. The van der Waals surface area contributed by atoms with Gasteiger partial charge in [0.1, 0.15) is 5.75 Å². The van der Waals surface area contributed by atoms with Crippen LogP contribution in [0.3, 0.4) is 0 Å². The van der Waals surface area contributed by atoms with Crippen LogP contribution >= 0.6 is 11.6 Å². The SMILES string of the molecule is Cc1nn(C)c(Oc2cc(C#N)ccc2Cl)c1C. The number of nitrogens with zero attached hydrogens (tertiary/aromatic N) is 3. The molecule has 92 valence electrons. The van der Waals surface area contributed by atoms with Gasteiger partial charge < -0.3 is 4.74 Å². The van der Waals surface area contributed by atoms with Crippen molar-refractivity contribution in [2.45, 2.75) is 13.8 Å². The first kappa shape index (κ1) is 12.5. The maximum absolute atomic E-state index is 8.87. The van der Waals surface area contributed by atoms with Crippen LogP contribution in [0.15, 0.2) is 18.2 Å². The standard InChI is InChI=1S/C13H12ClN3O/c1-8-9(2)16-17(3)13(8)18-12-6-10(7-15)4-5-11(12)14/h4-6H,1-3H3. The molecule has 2 aromatic rings. The highest BCUT2D eigenvalue weighted by molar-refractivity contribution is 6.32. The zero-order valence-electron chi connectivity index (χ0n) is 10.4. The van der Waals surface area contributed by atoms with E-state index in [1.54, 1.807) is 29.9 Å². The smallest absolute Gasteiger partial charge is 0.220 e. The molecule has 0 aliphatic carbocycles. The summed E-state index contributed by atoms with van der Waals surface area (Å²) in [5.74, 6) is 1.09. The third kappa shape index (κ3) is 2.18. The van der Waals surface area contributed by atoms with Crippen molar-refractivity contribution in [1.82, 2.24) is 9.78 Å². The van der Waals surface area contributed by atoms with Crippen molar-refractivity contribution in [1.29, 1.82) is 5.26 Å². The van der Waals surface area contributed by atoms with Crippen LogP contribution in [0.4, 0.5) is 0 Å². The minimum atomic E-state index is 0.460. The second-order valence-electron chi connectivity index (χ2n) is 4.00. The van der Waals surface area contributed by atoms with Gasteiger partial charge >= 0.3 is 0 Å². The summed E-state index contributed by atoms with van der Waals surface area (Å²) in [4.78, 5) is 0. The van der Waals surface area contributed by atoms with E-state index in [1.165, 1.54) is 0 Å². The number of rotatable bonds is 2. The van der Waals surface area contributed by atoms with Gasteiger partial charge in [0.2, 0.25) is 5.88 Å². The van der Waals surface area contributed by atoms with Gasteiger partial charge in [0.05, 0.1) is 22.3 Å². The topological polar surface area (TPSA) is 50.8 Å². The van der Waals surface area contributed by atoms with Gasteiger partial charge in [0, 0.05) is 18.7 Å². The number of aromatic nitrogens is 2. The first-order valence-corrected chi connectivity index (χ1v) is 5.78. The third-order valence-electron chi connectivity index (χ3n) is 2.72. The third-order valence-corrected chi connectivity index (χ3v) is 3.04. The molecule has 1 aromatic carbocycles. The number of halogens is 1. The van der Waals surface area contributed by atoms with Gasteiger partial charge in [-0.3, -0.25) is 0 Å². The molecule has 0 aliphatic rings. The molecule has 0 saturated heterocycles. The lowest BCUT2D eigenvalue weighted by Gasteiger charge is -2.08. The van der Waals surface area contributed by atoms with Crippen LogP contribution in [0.2, 0.25) is 5.02 Å². The maximum atomic E-state index is 8.87. The molecular formula is C13H12ClN3O. The van der Waals surface area contributed by atoms with Crippen LogP contribution in [0, 0.1) is 25.2 Å². The monoisotopic (exact) mass is 261 g/mol. The average Bonchev–Trinajstić information content (AvgIpc) is 2.58. The second kappa shape index (κ2) is 4.71. The number of hydrogen-bond donors (Lipinski definition) is 0. The van der Waals surface area contributed by atoms with Crippen molar-refractivity contribution in [3.05, 3.63) is 40.0 Å². The van der Waals surface area contributed by atoms with Crippen molar-refractivity contribution in [2.24, 2.45) is 7.05 Å². The van der Waals surface area contributed by atoms with Crippen molar-refractivity contribution in [3.8, 4) is 17.7 Å². The lowest BCUT2D eigenvalue weighted by Crippen LogP contribution is -1.96. The van der Waals surface area contributed by atoms with Crippen LogP contribution < -0.4 is 4.74 Å². The van der Waals surface area contributed by atoms with E-state index in [4.69, 9.17) is 21.6 Å². The van der Waals surface area contributed by atoms with Gasteiger partial charge in [0.25, 0.3) is 0 Å². The minimum Gasteiger partial charge on any atom is -0.437 e. The van der Waals surface area contributed by atoms with Crippen molar-refractivity contribution in [2.75, 3.05) is 0 Å². The summed E-state index contributed by atoms with van der Waals surface area (Å²) in [5, 5.41) is 13.6. The lowest BCUT2D eigenvalue weighted by atomic mass is 10.2. The zero-order valence-corrected chi connectivity index (χ0v) is 11.1. The zero-order chi connectivity index (χ0) is 13.3. The normalized spacial score (nSPS) is 10.2. The van der Waals surface area contributed by atoms with Crippen molar-refractivity contribution in [3.63, 3.8) is 0 Å². The largest absolute Gasteiger partial charge is 0.437 e. The molecule has 0 radical (unpaired) electrons. The van der Waals surface area contributed by atoms with Gasteiger partial charge in [-0.1, -0.05) is 11.6 Å². The minimum absolute atomic E-state index is 0.460. The first-order valence-electron chi connectivity index (χ1n) is 5.40. The van der Waals surface area contributed by atoms with E-state index < -0.39 is 0 Å². The van der Waals surface area contributed by atoms with Gasteiger partial charge in [-0.2, -0.15) is 10.4 Å². The molecule has 0 saturated carbocycles. The highest BCUT2D eigenvalue weighted by Crippen LogP contribution is 2.32. The van der Waals surface area contributed by atoms with E-state index in [2.05, 4.69) is 11.2 Å². The Bertz CT molecular complexity index is 640. The summed E-state index contributed by atoms with van der Waals surface area (Å²) in [5.41, 5.74) is 2.36. The van der Waals surface area contributed by atoms with Crippen LogP contribution in [0.25, 0.3) is 0 Å². The highest BCUT2D eigenvalue weighted by Gasteiger charge is 2.13. The van der Waals surface area contributed by atoms with Crippen LogP contribution in [-0.2, 0) is 7.05 Å². The van der Waals surface area contributed by atoms with E-state index in [-0.39, 0.29) is 0 Å². The number of nitriles is 1. The molecule has 1 heterocycles. The Hall–Kier alpha value is -1.99. The Morgan fingerprint density at radius 1 is 1.39 bits per heavy atom. The Balaban J connectivity index is 2.43. The van der Waals surface area contributed by atoms with Gasteiger partial charge in [0.15, 0.2) is 0 Å². The molecule has 0 N–H and O–H groups in total. The molecule has 4 nitrogen and oxygen atoms in total. The van der Waals surface area contributed by atoms with Gasteiger partial charge in [-0.25, -0.2) is 4.68 Å². The van der Waals surface area contributed by atoms with E-state index >= 15 is 0 Å². The molecule has 0 amide bonds. The van der Waals surface area contributed by atoms with Gasteiger partial charge in [-0.05, 0) is 26.0 Å². The van der Waals surface area contributed by atoms with Crippen LogP contribution in [0.1, 0.15) is 16.8 Å². The van der Waals surface area contributed by atoms with Crippen molar-refractivity contribution < 1.29 is 4.74 Å². The lowest BCUT2D eigenvalue weighted by molar-refractivity contribution is 0.428. The molecule has 1 aromatic heterocycles. The summed E-state index contributed by atoms with van der Waals surface area (Å²) < 4.78 is 7.40. The molecular weight excluding hydrogens is 250 g/mol. The van der Waals surface area contributed by atoms with E-state index in [0.29, 0.717) is 22.2 Å². The molecule has 0 aliphatic heterocycles. The van der Waals surface area contributed by atoms with Crippen LogP contribution in [0.5, 0.6) is 11.6 Å². The van der Waals surface area contributed by atoms with Crippen LogP contribution in [-0.4, -0.2) is 9.78 Å². The number of hydrogen-bond acceptors (Lipinski definition) is 3. The van der Waals surface area contributed by atoms with Crippen molar-refractivity contribution >= 4 is 11.6 Å².